The molecule has 21 heavy (non-hydrogen) atoms. The van der Waals surface area contributed by atoms with Crippen LogP contribution in [0.25, 0.3) is 0 Å². The topological polar surface area (TPSA) is 49.9 Å². The van der Waals surface area contributed by atoms with Crippen LogP contribution in [-0.2, 0) is 14.3 Å². The molecular formula is C16H28N2O3. The van der Waals surface area contributed by atoms with Crippen LogP contribution in [0.15, 0.2) is 0 Å². The number of ether oxygens (including phenoxy) is 1. The van der Waals surface area contributed by atoms with Crippen molar-refractivity contribution < 1.29 is 14.3 Å². The Morgan fingerprint density at radius 1 is 1.24 bits per heavy atom. The Morgan fingerprint density at radius 2 is 2.00 bits per heavy atom. The van der Waals surface area contributed by atoms with Gasteiger partial charge in [0.1, 0.15) is 12.1 Å². The largest absolute Gasteiger partial charge is 0.381 e. The minimum atomic E-state index is -0.322. The zero-order chi connectivity index (χ0) is 15.4. The highest BCUT2D eigenvalue weighted by atomic mass is 16.5. The number of piperidine rings is 1. The molecule has 2 saturated heterocycles. The lowest BCUT2D eigenvalue weighted by Gasteiger charge is -2.46. The highest BCUT2D eigenvalue weighted by Crippen LogP contribution is 2.26. The molecule has 2 rings (SSSR count). The van der Waals surface area contributed by atoms with Gasteiger partial charge in [-0.1, -0.05) is 13.8 Å². The van der Waals surface area contributed by atoms with E-state index in [0.29, 0.717) is 19.1 Å². The fourth-order valence-electron chi connectivity index (χ4n) is 3.17. The molecular weight excluding hydrogens is 268 g/mol. The Labute approximate surface area is 127 Å². The number of hydrogen-bond acceptors (Lipinski definition) is 3. The fraction of sp³-hybridized carbons (Fsp3) is 0.875. The van der Waals surface area contributed by atoms with Gasteiger partial charge in [-0.15, -0.1) is 0 Å². The third-order valence-corrected chi connectivity index (χ3v) is 4.32. The maximum Gasteiger partial charge on any atom is 0.246 e. The molecule has 2 unspecified atom stereocenters. The van der Waals surface area contributed by atoms with Gasteiger partial charge in [0.05, 0.1) is 0 Å². The summed E-state index contributed by atoms with van der Waals surface area (Å²) in [4.78, 5) is 28.5. The lowest BCUT2D eigenvalue weighted by molar-refractivity contribution is -0.163. The second kappa shape index (κ2) is 7.25. The van der Waals surface area contributed by atoms with Gasteiger partial charge in [-0.3, -0.25) is 9.59 Å². The second-order valence-electron chi connectivity index (χ2n) is 6.57. The maximum absolute atomic E-state index is 12.6. The third kappa shape index (κ3) is 3.76. The molecule has 2 aliphatic heterocycles. The van der Waals surface area contributed by atoms with Crippen molar-refractivity contribution in [2.75, 3.05) is 26.3 Å². The van der Waals surface area contributed by atoms with Gasteiger partial charge in [-0.05, 0) is 38.5 Å². The zero-order valence-electron chi connectivity index (χ0n) is 13.5. The number of fused-ring (bicyclic) bond motifs is 1. The zero-order valence-corrected chi connectivity index (χ0v) is 13.5. The highest BCUT2D eigenvalue weighted by molar-refractivity contribution is 5.96. The van der Waals surface area contributed by atoms with E-state index in [1.165, 1.54) is 0 Å². The molecule has 0 N–H and O–H groups in total. The number of carbonyl (C=O) groups is 2. The molecule has 0 radical (unpaired) electrons. The van der Waals surface area contributed by atoms with Gasteiger partial charge in [0.25, 0.3) is 0 Å². The van der Waals surface area contributed by atoms with Gasteiger partial charge in [-0.25, -0.2) is 0 Å². The van der Waals surface area contributed by atoms with Gasteiger partial charge in [-0.2, -0.15) is 0 Å². The molecule has 2 aliphatic rings. The van der Waals surface area contributed by atoms with Gasteiger partial charge in [0.2, 0.25) is 11.8 Å². The average Bonchev–Trinajstić information content (AvgIpc) is 2.47. The summed E-state index contributed by atoms with van der Waals surface area (Å²) in [6.07, 6.45) is 3.67. The van der Waals surface area contributed by atoms with Crippen molar-refractivity contribution in [3.63, 3.8) is 0 Å². The Hall–Kier alpha value is -1.10. The van der Waals surface area contributed by atoms with E-state index in [2.05, 4.69) is 13.8 Å². The summed E-state index contributed by atoms with van der Waals surface area (Å²) >= 11 is 0. The predicted molar refractivity (Wildman–Crippen MR) is 80.8 cm³/mol. The number of carbonyl (C=O) groups excluding carboxylic acids is 2. The summed E-state index contributed by atoms with van der Waals surface area (Å²) in [5, 5.41) is 0. The maximum atomic E-state index is 12.6. The normalized spacial score (nSPS) is 26.5. The Bertz CT molecular complexity index is 384. The SMILES string of the molecule is CC(C)COCCCN1C(=O)C2CCCCN2C(=O)C1C. The van der Waals surface area contributed by atoms with Crippen molar-refractivity contribution >= 4 is 11.8 Å². The summed E-state index contributed by atoms with van der Waals surface area (Å²) in [6.45, 7) is 8.84. The van der Waals surface area contributed by atoms with E-state index < -0.39 is 0 Å². The lowest BCUT2D eigenvalue weighted by Crippen LogP contribution is -2.65. The minimum absolute atomic E-state index is 0.113. The van der Waals surface area contributed by atoms with E-state index in [4.69, 9.17) is 4.74 Å². The van der Waals surface area contributed by atoms with Gasteiger partial charge in [0, 0.05) is 26.3 Å². The van der Waals surface area contributed by atoms with E-state index in [1.54, 1.807) is 9.80 Å². The van der Waals surface area contributed by atoms with Crippen LogP contribution in [-0.4, -0.2) is 60.0 Å². The van der Waals surface area contributed by atoms with E-state index in [0.717, 1.165) is 38.8 Å². The Morgan fingerprint density at radius 3 is 2.71 bits per heavy atom. The van der Waals surface area contributed by atoms with E-state index in [-0.39, 0.29) is 23.9 Å². The number of piperazine rings is 1. The molecule has 0 aromatic carbocycles. The van der Waals surface area contributed by atoms with Crippen LogP contribution in [0, 0.1) is 5.92 Å². The van der Waals surface area contributed by atoms with E-state index >= 15 is 0 Å². The number of hydrogen-bond donors (Lipinski definition) is 0. The Balaban J connectivity index is 1.86. The first-order valence-electron chi connectivity index (χ1n) is 8.21. The highest BCUT2D eigenvalue weighted by Gasteiger charge is 2.44. The first-order valence-corrected chi connectivity index (χ1v) is 8.21. The summed E-state index contributed by atoms with van der Waals surface area (Å²) in [5.41, 5.74) is 0. The minimum Gasteiger partial charge on any atom is -0.381 e. The van der Waals surface area contributed by atoms with Crippen molar-refractivity contribution in [1.82, 2.24) is 9.80 Å². The van der Waals surface area contributed by atoms with Crippen LogP contribution < -0.4 is 0 Å². The number of nitrogens with zero attached hydrogens (tertiary/aromatic N) is 2. The molecule has 5 nitrogen and oxygen atoms in total. The molecule has 0 bridgehead atoms. The summed E-state index contributed by atoms with van der Waals surface area (Å²) < 4.78 is 5.56. The molecule has 2 amide bonds. The van der Waals surface area contributed by atoms with Gasteiger partial charge < -0.3 is 14.5 Å². The standard InChI is InChI=1S/C16H28N2O3/c1-12(2)11-21-10-6-9-17-13(3)15(19)18-8-5-4-7-14(18)16(17)20/h12-14H,4-11H2,1-3H3. The summed E-state index contributed by atoms with van der Waals surface area (Å²) in [5.74, 6) is 0.769. The first-order chi connectivity index (χ1) is 10.0. The molecule has 2 atom stereocenters. The van der Waals surface area contributed by atoms with Gasteiger partial charge in [0.15, 0.2) is 0 Å². The van der Waals surface area contributed by atoms with E-state index in [9.17, 15) is 9.59 Å². The lowest BCUT2D eigenvalue weighted by atomic mass is 9.95. The van der Waals surface area contributed by atoms with Crippen LogP contribution >= 0.6 is 0 Å². The van der Waals surface area contributed by atoms with Gasteiger partial charge >= 0.3 is 0 Å². The van der Waals surface area contributed by atoms with Crippen LogP contribution in [0.2, 0.25) is 0 Å². The molecule has 2 heterocycles. The third-order valence-electron chi connectivity index (χ3n) is 4.32. The quantitative estimate of drug-likeness (QED) is 0.700. The smallest absolute Gasteiger partial charge is 0.246 e. The predicted octanol–water partition coefficient (Wildman–Crippen LogP) is 1.66. The molecule has 0 saturated carbocycles. The molecule has 120 valence electrons. The fourth-order valence-corrected chi connectivity index (χ4v) is 3.17. The van der Waals surface area contributed by atoms with E-state index in [1.807, 2.05) is 6.92 Å². The second-order valence-corrected chi connectivity index (χ2v) is 6.57. The van der Waals surface area contributed by atoms with Crippen LogP contribution in [0.5, 0.6) is 0 Å². The molecule has 2 fully saturated rings. The van der Waals surface area contributed by atoms with Crippen LogP contribution in [0.1, 0.15) is 46.5 Å². The summed E-state index contributed by atoms with van der Waals surface area (Å²) in [7, 11) is 0. The molecule has 5 heteroatoms. The van der Waals surface area contributed by atoms with Crippen molar-refractivity contribution in [1.29, 1.82) is 0 Å². The van der Waals surface area contributed by atoms with Crippen molar-refractivity contribution in [2.24, 2.45) is 5.92 Å². The van der Waals surface area contributed by atoms with Crippen molar-refractivity contribution in [3.05, 3.63) is 0 Å². The van der Waals surface area contributed by atoms with Crippen LogP contribution in [0.4, 0.5) is 0 Å². The number of amides is 2. The molecule has 0 aromatic heterocycles. The summed E-state index contributed by atoms with van der Waals surface area (Å²) in [6, 6.07) is -0.531. The first kappa shape index (κ1) is 16.3. The number of rotatable bonds is 6. The van der Waals surface area contributed by atoms with Crippen LogP contribution in [0.3, 0.4) is 0 Å². The van der Waals surface area contributed by atoms with Crippen molar-refractivity contribution in [3.8, 4) is 0 Å². The van der Waals surface area contributed by atoms with Crippen molar-refractivity contribution in [2.45, 2.75) is 58.5 Å². The molecule has 0 aliphatic carbocycles. The molecule has 0 spiro atoms. The Kier molecular flexibility index (Phi) is 5.62. The molecule has 0 aromatic rings. The average molecular weight is 296 g/mol. The monoisotopic (exact) mass is 296 g/mol.